The van der Waals surface area contributed by atoms with E-state index in [0.29, 0.717) is 0 Å². The standard InChI is InChI=1S/C12H18N2.2ClH/c1-4-5-12(13)10-6-8-11(9-7-10)14(2)3;;/h4,6-9,12H,1,5,13H2,2-3H3;2*1H/t12-;;/m1../s1. The lowest BCUT2D eigenvalue weighted by Gasteiger charge is -2.14. The average molecular weight is 263 g/mol. The van der Waals surface area contributed by atoms with Crippen LogP contribution in [0.2, 0.25) is 0 Å². The molecule has 2 nitrogen and oxygen atoms in total. The van der Waals surface area contributed by atoms with Gasteiger partial charge in [-0.05, 0) is 24.1 Å². The highest BCUT2D eigenvalue weighted by atomic mass is 35.5. The van der Waals surface area contributed by atoms with Gasteiger partial charge in [-0.15, -0.1) is 31.4 Å². The first kappa shape index (κ1) is 17.7. The molecule has 4 heteroatoms. The Kier molecular flexibility index (Phi) is 9.34. The summed E-state index contributed by atoms with van der Waals surface area (Å²) in [6.45, 7) is 3.68. The molecule has 0 aromatic heterocycles. The minimum atomic E-state index is 0. The first-order chi connectivity index (χ1) is 6.65. The van der Waals surface area contributed by atoms with Crippen molar-refractivity contribution in [3.63, 3.8) is 0 Å². The van der Waals surface area contributed by atoms with E-state index in [4.69, 9.17) is 5.73 Å². The number of nitrogens with two attached hydrogens (primary N) is 1. The maximum absolute atomic E-state index is 5.95. The minimum Gasteiger partial charge on any atom is -0.378 e. The zero-order valence-corrected chi connectivity index (χ0v) is 11.4. The van der Waals surface area contributed by atoms with E-state index < -0.39 is 0 Å². The number of nitrogens with zero attached hydrogens (tertiary/aromatic N) is 1. The minimum absolute atomic E-state index is 0. The van der Waals surface area contributed by atoms with Gasteiger partial charge in [0, 0.05) is 25.8 Å². The fraction of sp³-hybridized carbons (Fsp3) is 0.333. The quantitative estimate of drug-likeness (QED) is 0.845. The molecule has 0 aliphatic carbocycles. The summed E-state index contributed by atoms with van der Waals surface area (Å²) in [6.07, 6.45) is 2.67. The van der Waals surface area contributed by atoms with Crippen molar-refractivity contribution in [3.05, 3.63) is 42.5 Å². The lowest BCUT2D eigenvalue weighted by Crippen LogP contribution is -2.11. The molecule has 1 aromatic rings. The van der Waals surface area contributed by atoms with Gasteiger partial charge >= 0.3 is 0 Å². The Morgan fingerprint density at radius 2 is 1.75 bits per heavy atom. The molecule has 0 saturated carbocycles. The summed E-state index contributed by atoms with van der Waals surface area (Å²) >= 11 is 0. The largest absolute Gasteiger partial charge is 0.378 e. The molecule has 0 saturated heterocycles. The third-order valence-electron chi connectivity index (χ3n) is 2.26. The lowest BCUT2D eigenvalue weighted by atomic mass is 10.0. The van der Waals surface area contributed by atoms with Crippen molar-refractivity contribution in [3.8, 4) is 0 Å². The van der Waals surface area contributed by atoms with Crippen LogP contribution in [0.4, 0.5) is 5.69 Å². The van der Waals surface area contributed by atoms with Crippen LogP contribution in [0, 0.1) is 0 Å². The number of halogens is 2. The maximum Gasteiger partial charge on any atom is 0.0361 e. The van der Waals surface area contributed by atoms with E-state index in [9.17, 15) is 0 Å². The van der Waals surface area contributed by atoms with Crippen LogP contribution >= 0.6 is 24.8 Å². The first-order valence-corrected chi connectivity index (χ1v) is 4.79. The predicted molar refractivity (Wildman–Crippen MR) is 77.0 cm³/mol. The molecule has 2 N–H and O–H groups in total. The monoisotopic (exact) mass is 262 g/mol. The highest BCUT2D eigenvalue weighted by Gasteiger charge is 2.03. The third-order valence-corrected chi connectivity index (χ3v) is 2.26. The van der Waals surface area contributed by atoms with Gasteiger partial charge in [0.25, 0.3) is 0 Å². The van der Waals surface area contributed by atoms with E-state index in [2.05, 4.69) is 35.7 Å². The Bertz CT molecular complexity index is 296. The van der Waals surface area contributed by atoms with Gasteiger partial charge in [-0.1, -0.05) is 18.2 Å². The SMILES string of the molecule is C=CC[C@@H](N)c1ccc(N(C)C)cc1.Cl.Cl. The molecule has 0 aliphatic rings. The second kappa shape index (κ2) is 8.45. The summed E-state index contributed by atoms with van der Waals surface area (Å²) in [5, 5.41) is 0. The van der Waals surface area contributed by atoms with Gasteiger partial charge in [0.15, 0.2) is 0 Å². The van der Waals surface area contributed by atoms with E-state index in [1.807, 2.05) is 20.2 Å². The molecule has 0 radical (unpaired) electrons. The Hall–Kier alpha value is -0.700. The van der Waals surface area contributed by atoms with Crippen LogP contribution in [0.5, 0.6) is 0 Å². The topological polar surface area (TPSA) is 29.3 Å². The molecule has 0 heterocycles. The van der Waals surface area contributed by atoms with Crippen LogP contribution in [-0.2, 0) is 0 Å². The third kappa shape index (κ3) is 4.88. The van der Waals surface area contributed by atoms with E-state index in [1.54, 1.807) is 0 Å². The van der Waals surface area contributed by atoms with Gasteiger partial charge in [0.2, 0.25) is 0 Å². The lowest BCUT2D eigenvalue weighted by molar-refractivity contribution is 0.742. The first-order valence-electron chi connectivity index (χ1n) is 4.79. The highest BCUT2D eigenvalue weighted by molar-refractivity contribution is 5.85. The zero-order valence-electron chi connectivity index (χ0n) is 9.72. The van der Waals surface area contributed by atoms with Crippen LogP contribution in [0.25, 0.3) is 0 Å². The van der Waals surface area contributed by atoms with Crippen LogP contribution in [0.3, 0.4) is 0 Å². The molecule has 0 amide bonds. The molecule has 1 atom stereocenters. The van der Waals surface area contributed by atoms with Crippen molar-refractivity contribution in [2.24, 2.45) is 5.73 Å². The molecule has 0 aliphatic heterocycles. The number of benzene rings is 1. The zero-order chi connectivity index (χ0) is 10.6. The van der Waals surface area contributed by atoms with Gasteiger partial charge in [0.05, 0.1) is 0 Å². The molecular weight excluding hydrogens is 243 g/mol. The predicted octanol–water partition coefficient (Wildman–Crippen LogP) is 3.17. The van der Waals surface area contributed by atoms with Gasteiger partial charge < -0.3 is 10.6 Å². The smallest absolute Gasteiger partial charge is 0.0361 e. The molecule has 0 spiro atoms. The van der Waals surface area contributed by atoms with Gasteiger partial charge in [-0.3, -0.25) is 0 Å². The van der Waals surface area contributed by atoms with Crippen molar-refractivity contribution < 1.29 is 0 Å². The van der Waals surface area contributed by atoms with Gasteiger partial charge in [-0.25, -0.2) is 0 Å². The van der Waals surface area contributed by atoms with E-state index in [-0.39, 0.29) is 30.9 Å². The summed E-state index contributed by atoms with van der Waals surface area (Å²) in [5.41, 5.74) is 8.30. The summed E-state index contributed by atoms with van der Waals surface area (Å²) in [5.74, 6) is 0. The average Bonchev–Trinajstić information content (AvgIpc) is 2.18. The Morgan fingerprint density at radius 3 is 2.12 bits per heavy atom. The second-order valence-electron chi connectivity index (χ2n) is 3.62. The van der Waals surface area contributed by atoms with Crippen LogP contribution in [0.15, 0.2) is 36.9 Å². The number of anilines is 1. The van der Waals surface area contributed by atoms with Crippen molar-refractivity contribution in [2.45, 2.75) is 12.5 Å². The maximum atomic E-state index is 5.95. The molecule has 0 fully saturated rings. The molecule has 0 bridgehead atoms. The van der Waals surface area contributed by atoms with E-state index in [0.717, 1.165) is 12.0 Å². The Balaban J connectivity index is 0. The summed E-state index contributed by atoms with van der Waals surface area (Å²) in [6, 6.07) is 8.38. The fourth-order valence-corrected chi connectivity index (χ4v) is 1.34. The summed E-state index contributed by atoms with van der Waals surface area (Å²) in [4.78, 5) is 2.07. The van der Waals surface area contributed by atoms with Crippen LogP contribution < -0.4 is 10.6 Å². The summed E-state index contributed by atoms with van der Waals surface area (Å²) in [7, 11) is 4.05. The molecule has 1 aromatic carbocycles. The van der Waals surface area contributed by atoms with Crippen molar-refractivity contribution in [1.82, 2.24) is 0 Å². The molecular formula is C12H20Cl2N2. The fourth-order valence-electron chi connectivity index (χ4n) is 1.34. The van der Waals surface area contributed by atoms with Crippen molar-refractivity contribution in [2.75, 3.05) is 19.0 Å². The number of rotatable bonds is 4. The summed E-state index contributed by atoms with van der Waals surface area (Å²) < 4.78 is 0. The van der Waals surface area contributed by atoms with Crippen molar-refractivity contribution >= 4 is 30.5 Å². The molecule has 0 unspecified atom stereocenters. The Labute approximate surface area is 110 Å². The van der Waals surface area contributed by atoms with Crippen molar-refractivity contribution in [1.29, 1.82) is 0 Å². The molecule has 92 valence electrons. The number of hydrogen-bond acceptors (Lipinski definition) is 2. The molecule has 1 rings (SSSR count). The Morgan fingerprint density at radius 1 is 1.25 bits per heavy atom. The normalized spacial score (nSPS) is 10.7. The van der Waals surface area contributed by atoms with E-state index >= 15 is 0 Å². The van der Waals surface area contributed by atoms with Gasteiger partial charge in [0.1, 0.15) is 0 Å². The number of hydrogen-bond donors (Lipinski definition) is 1. The van der Waals surface area contributed by atoms with Crippen LogP contribution in [-0.4, -0.2) is 14.1 Å². The molecule has 16 heavy (non-hydrogen) atoms. The highest BCUT2D eigenvalue weighted by Crippen LogP contribution is 2.18. The van der Waals surface area contributed by atoms with Gasteiger partial charge in [-0.2, -0.15) is 0 Å². The van der Waals surface area contributed by atoms with E-state index in [1.165, 1.54) is 5.69 Å². The second-order valence-corrected chi connectivity index (χ2v) is 3.62. The van der Waals surface area contributed by atoms with Crippen LogP contribution in [0.1, 0.15) is 18.0 Å².